The van der Waals surface area contributed by atoms with E-state index in [9.17, 15) is 0 Å². The van der Waals surface area contributed by atoms with E-state index in [-0.39, 0.29) is 5.95 Å². The van der Waals surface area contributed by atoms with Crippen molar-refractivity contribution in [2.45, 2.75) is 53.0 Å². The second kappa shape index (κ2) is 4.82. The molecule has 5 heteroatoms. The van der Waals surface area contributed by atoms with Crippen LogP contribution in [0.4, 0.5) is 11.8 Å². The lowest BCUT2D eigenvalue weighted by atomic mass is 9.63. The average molecular weight is 283 g/mol. The van der Waals surface area contributed by atoms with Gasteiger partial charge in [-0.2, -0.15) is 4.98 Å². The van der Waals surface area contributed by atoms with Gasteiger partial charge in [0, 0.05) is 12.1 Å². The maximum Gasteiger partial charge on any atom is 0.223 e. The molecule has 3 N–H and O–H groups in total. The summed E-state index contributed by atoms with van der Waals surface area (Å²) in [7, 11) is 0. The van der Waals surface area contributed by atoms with Crippen molar-refractivity contribution < 1.29 is 0 Å². The maximum atomic E-state index is 5.91. The molecule has 2 rings (SSSR count). The highest BCUT2D eigenvalue weighted by molar-refractivity contribution is 6.29. The fraction of sp³-hybridized carbons (Fsp3) is 0.714. The first-order valence-electron chi connectivity index (χ1n) is 6.72. The van der Waals surface area contributed by atoms with Crippen molar-refractivity contribution in [1.29, 1.82) is 0 Å². The molecule has 1 heterocycles. The number of nitrogens with zero attached hydrogens (tertiary/aromatic N) is 2. The minimum Gasteiger partial charge on any atom is -0.368 e. The number of hydrogen-bond acceptors (Lipinski definition) is 4. The number of anilines is 2. The first-order chi connectivity index (χ1) is 8.65. The molecule has 1 aliphatic rings. The van der Waals surface area contributed by atoms with Crippen molar-refractivity contribution in [3.05, 3.63) is 11.2 Å². The number of hydrogen-bond donors (Lipinski definition) is 2. The summed E-state index contributed by atoms with van der Waals surface area (Å²) in [5, 5.41) is 3.84. The molecule has 4 nitrogen and oxygen atoms in total. The van der Waals surface area contributed by atoms with Gasteiger partial charge < -0.3 is 11.1 Å². The van der Waals surface area contributed by atoms with E-state index in [1.54, 1.807) is 6.07 Å². The predicted molar refractivity (Wildman–Crippen MR) is 80.3 cm³/mol. The second-order valence-electron chi connectivity index (χ2n) is 7.19. The zero-order chi connectivity index (χ0) is 14.3. The van der Waals surface area contributed by atoms with Crippen molar-refractivity contribution in [3.63, 3.8) is 0 Å². The molecular weight excluding hydrogens is 260 g/mol. The van der Waals surface area contributed by atoms with Gasteiger partial charge in [-0.3, -0.25) is 0 Å². The number of nitrogen functional groups attached to an aromatic ring is 1. The van der Waals surface area contributed by atoms with Crippen molar-refractivity contribution in [3.8, 4) is 0 Å². The Morgan fingerprint density at radius 2 is 1.79 bits per heavy atom. The third-order valence-corrected chi connectivity index (χ3v) is 3.81. The van der Waals surface area contributed by atoms with Gasteiger partial charge in [-0.15, -0.1) is 0 Å². The lowest BCUT2D eigenvalue weighted by Gasteiger charge is -2.45. The van der Waals surface area contributed by atoms with Crippen molar-refractivity contribution in [2.24, 2.45) is 10.8 Å². The van der Waals surface area contributed by atoms with E-state index in [1.165, 1.54) is 6.42 Å². The van der Waals surface area contributed by atoms with Gasteiger partial charge in [0.05, 0.1) is 0 Å². The third-order valence-electron chi connectivity index (χ3n) is 3.62. The van der Waals surface area contributed by atoms with E-state index in [0.717, 1.165) is 18.7 Å². The van der Waals surface area contributed by atoms with Crippen LogP contribution >= 0.6 is 11.6 Å². The van der Waals surface area contributed by atoms with Gasteiger partial charge >= 0.3 is 0 Å². The van der Waals surface area contributed by atoms with Crippen LogP contribution in [0, 0.1) is 10.8 Å². The number of nitrogens with one attached hydrogen (secondary N) is 1. The van der Waals surface area contributed by atoms with E-state index in [0.29, 0.717) is 22.0 Å². The fourth-order valence-corrected chi connectivity index (χ4v) is 3.86. The highest BCUT2D eigenvalue weighted by Gasteiger charge is 2.38. The Hall–Kier alpha value is -1.03. The lowest BCUT2D eigenvalue weighted by Crippen LogP contribution is -2.40. The molecule has 106 valence electrons. The summed E-state index contributed by atoms with van der Waals surface area (Å²) in [5.74, 6) is 0.931. The highest BCUT2D eigenvalue weighted by atomic mass is 35.5. The van der Waals surface area contributed by atoms with E-state index >= 15 is 0 Å². The molecule has 0 aromatic carbocycles. The van der Waals surface area contributed by atoms with Gasteiger partial charge in [-0.05, 0) is 30.1 Å². The van der Waals surface area contributed by atoms with Crippen LogP contribution in [0.3, 0.4) is 0 Å². The average Bonchev–Trinajstić information content (AvgIpc) is 2.08. The summed E-state index contributed by atoms with van der Waals surface area (Å²) < 4.78 is 0. The Labute approximate surface area is 120 Å². The molecule has 0 bridgehead atoms. The number of aromatic nitrogens is 2. The Bertz CT molecular complexity index is 434. The number of rotatable bonds is 2. The molecule has 0 saturated heterocycles. The molecule has 1 aliphatic carbocycles. The summed E-state index contributed by atoms with van der Waals surface area (Å²) in [4.78, 5) is 8.07. The minimum atomic E-state index is 0.212. The molecule has 1 saturated carbocycles. The van der Waals surface area contributed by atoms with E-state index in [4.69, 9.17) is 17.3 Å². The Morgan fingerprint density at radius 1 is 1.21 bits per heavy atom. The standard InChI is InChI=1S/C14H23ClN4/c1-13(2)6-9(7-14(3,4)8-13)17-11-5-10(15)18-12(16)19-11/h5,9H,6-8H2,1-4H3,(H3,16,17,18,19). The zero-order valence-corrected chi connectivity index (χ0v) is 12.9. The summed E-state index contributed by atoms with van der Waals surface area (Å²) in [6.07, 6.45) is 3.49. The molecule has 0 radical (unpaired) electrons. The van der Waals surface area contributed by atoms with Crippen LogP contribution in [0.15, 0.2) is 6.07 Å². The molecule has 0 aliphatic heterocycles. The molecule has 0 spiro atoms. The summed E-state index contributed by atoms with van der Waals surface area (Å²) >= 11 is 5.91. The first-order valence-corrected chi connectivity index (χ1v) is 7.10. The van der Waals surface area contributed by atoms with Crippen molar-refractivity contribution >= 4 is 23.4 Å². The van der Waals surface area contributed by atoms with Gasteiger partial charge in [0.25, 0.3) is 0 Å². The smallest absolute Gasteiger partial charge is 0.223 e. The largest absolute Gasteiger partial charge is 0.368 e. The van der Waals surface area contributed by atoms with Crippen LogP contribution in [0.5, 0.6) is 0 Å². The SMILES string of the molecule is CC1(C)CC(Nc2cc(Cl)nc(N)n2)CC(C)(C)C1. The van der Waals surface area contributed by atoms with E-state index < -0.39 is 0 Å². The molecule has 1 aromatic rings. The Balaban J connectivity index is 2.14. The summed E-state index contributed by atoms with van der Waals surface area (Å²) in [6, 6.07) is 2.12. The fourth-order valence-electron chi connectivity index (χ4n) is 3.67. The zero-order valence-electron chi connectivity index (χ0n) is 12.1. The second-order valence-corrected chi connectivity index (χ2v) is 7.58. The van der Waals surface area contributed by atoms with E-state index in [1.807, 2.05) is 0 Å². The predicted octanol–water partition coefficient (Wildman–Crippen LogP) is 3.73. The number of nitrogens with two attached hydrogens (primary N) is 1. The summed E-state index contributed by atoms with van der Waals surface area (Å²) in [5.41, 5.74) is 6.29. The lowest BCUT2D eigenvalue weighted by molar-refractivity contribution is 0.105. The first kappa shape index (κ1) is 14.4. The number of halogens is 1. The molecule has 1 fully saturated rings. The van der Waals surface area contributed by atoms with Crippen LogP contribution in [0.1, 0.15) is 47.0 Å². The Morgan fingerprint density at radius 3 is 2.32 bits per heavy atom. The normalized spacial score (nSPS) is 22.2. The third kappa shape index (κ3) is 3.96. The summed E-state index contributed by atoms with van der Waals surface area (Å²) in [6.45, 7) is 9.29. The highest BCUT2D eigenvalue weighted by Crippen LogP contribution is 2.46. The van der Waals surface area contributed by atoms with Gasteiger partial charge in [0.15, 0.2) is 0 Å². The Kier molecular flexibility index (Phi) is 3.65. The van der Waals surface area contributed by atoms with Crippen molar-refractivity contribution in [1.82, 2.24) is 9.97 Å². The van der Waals surface area contributed by atoms with Gasteiger partial charge in [0.2, 0.25) is 5.95 Å². The van der Waals surface area contributed by atoms with Crippen LogP contribution in [-0.2, 0) is 0 Å². The topological polar surface area (TPSA) is 63.8 Å². The minimum absolute atomic E-state index is 0.212. The van der Waals surface area contributed by atoms with Gasteiger partial charge in [0.1, 0.15) is 11.0 Å². The molecule has 19 heavy (non-hydrogen) atoms. The van der Waals surface area contributed by atoms with Crippen LogP contribution in [-0.4, -0.2) is 16.0 Å². The van der Waals surface area contributed by atoms with Gasteiger partial charge in [-0.25, -0.2) is 4.98 Å². The van der Waals surface area contributed by atoms with Crippen LogP contribution in [0.25, 0.3) is 0 Å². The quantitative estimate of drug-likeness (QED) is 0.811. The van der Waals surface area contributed by atoms with Crippen molar-refractivity contribution in [2.75, 3.05) is 11.1 Å². The van der Waals surface area contributed by atoms with Crippen LogP contribution in [0.2, 0.25) is 5.15 Å². The van der Waals surface area contributed by atoms with Gasteiger partial charge in [-0.1, -0.05) is 39.3 Å². The molecule has 0 amide bonds. The van der Waals surface area contributed by atoms with E-state index in [2.05, 4.69) is 43.0 Å². The molecule has 0 unspecified atom stereocenters. The molecule has 1 aromatic heterocycles. The molecule has 0 atom stereocenters. The maximum absolute atomic E-state index is 5.91. The van der Waals surface area contributed by atoms with Crippen LogP contribution < -0.4 is 11.1 Å². The monoisotopic (exact) mass is 282 g/mol. The molecular formula is C14H23ClN4.